The van der Waals surface area contributed by atoms with Crippen molar-refractivity contribution in [2.24, 2.45) is 0 Å². The van der Waals surface area contributed by atoms with Gasteiger partial charge in [-0.05, 0) is 20.3 Å². The predicted octanol–water partition coefficient (Wildman–Crippen LogP) is 0.946. The van der Waals surface area contributed by atoms with Crippen LogP contribution in [0.1, 0.15) is 28.2 Å². The normalized spacial score (nSPS) is 19.6. The van der Waals surface area contributed by atoms with Gasteiger partial charge in [-0.3, -0.25) is 9.48 Å². The minimum absolute atomic E-state index is 0.0395. The largest absolute Gasteiger partial charge is 0.391 e. The summed E-state index contributed by atoms with van der Waals surface area (Å²) in [7, 11) is 0. The number of hydrogen-bond acceptors (Lipinski definition) is 3. The summed E-state index contributed by atoms with van der Waals surface area (Å²) in [6.45, 7) is 5.34. The molecule has 1 amide bonds. The molecule has 1 fully saturated rings. The zero-order chi connectivity index (χ0) is 13.3. The van der Waals surface area contributed by atoms with Crippen LogP contribution in [-0.2, 0) is 6.54 Å². The smallest absolute Gasteiger partial charge is 0.257 e. The molecule has 1 N–H and O–H groups in total. The molecule has 1 saturated heterocycles. The summed E-state index contributed by atoms with van der Waals surface area (Å²) >= 11 is 5.71. The second-order valence-corrected chi connectivity index (χ2v) is 5.03. The molecule has 1 aromatic heterocycles. The Morgan fingerprint density at radius 1 is 1.56 bits per heavy atom. The summed E-state index contributed by atoms with van der Waals surface area (Å²) in [4.78, 5) is 14.1. The molecule has 0 radical (unpaired) electrons. The molecule has 0 unspecified atom stereocenters. The average Bonchev–Trinajstić information content (AvgIpc) is 2.85. The zero-order valence-electron chi connectivity index (χ0n) is 10.7. The van der Waals surface area contributed by atoms with Gasteiger partial charge in [0.1, 0.15) is 0 Å². The van der Waals surface area contributed by atoms with Crippen LogP contribution >= 0.6 is 11.6 Å². The third kappa shape index (κ3) is 2.37. The van der Waals surface area contributed by atoms with Crippen molar-refractivity contribution >= 4 is 17.5 Å². The highest BCUT2D eigenvalue weighted by Crippen LogP contribution is 2.19. The van der Waals surface area contributed by atoms with Crippen LogP contribution in [0.3, 0.4) is 0 Å². The standard InChI is InChI=1S/C12H18ClN3O2/c1-8-11(9(2)16(14-8)6-4-13)12(18)15-5-3-10(17)7-15/h10,17H,3-7H2,1-2H3/t10-/m0/s1. The van der Waals surface area contributed by atoms with Crippen molar-refractivity contribution in [3.05, 3.63) is 17.0 Å². The van der Waals surface area contributed by atoms with Crippen molar-refractivity contribution in [2.75, 3.05) is 19.0 Å². The number of nitrogens with zero attached hydrogens (tertiary/aromatic N) is 3. The molecule has 6 heteroatoms. The van der Waals surface area contributed by atoms with Crippen LogP contribution in [0.25, 0.3) is 0 Å². The number of likely N-dealkylation sites (tertiary alicyclic amines) is 1. The van der Waals surface area contributed by atoms with Crippen molar-refractivity contribution in [1.29, 1.82) is 0 Å². The first-order valence-electron chi connectivity index (χ1n) is 6.12. The highest BCUT2D eigenvalue weighted by atomic mass is 35.5. The molecule has 0 aromatic carbocycles. The van der Waals surface area contributed by atoms with Crippen LogP contribution in [-0.4, -0.2) is 50.8 Å². The van der Waals surface area contributed by atoms with Gasteiger partial charge in [-0.2, -0.15) is 5.10 Å². The third-order valence-corrected chi connectivity index (χ3v) is 3.51. The van der Waals surface area contributed by atoms with Crippen LogP contribution in [0.2, 0.25) is 0 Å². The number of amides is 1. The first-order valence-corrected chi connectivity index (χ1v) is 6.65. The average molecular weight is 272 g/mol. The first kappa shape index (κ1) is 13.4. The molecule has 0 aliphatic carbocycles. The number of aliphatic hydroxyl groups excluding tert-OH is 1. The SMILES string of the molecule is Cc1nn(CCCl)c(C)c1C(=O)N1CC[C@H](O)C1. The maximum absolute atomic E-state index is 12.4. The summed E-state index contributed by atoms with van der Waals surface area (Å²) in [5.74, 6) is 0.431. The van der Waals surface area contributed by atoms with E-state index in [0.29, 0.717) is 37.5 Å². The molecule has 5 nitrogen and oxygen atoms in total. The fourth-order valence-corrected chi connectivity index (χ4v) is 2.55. The van der Waals surface area contributed by atoms with E-state index in [1.807, 2.05) is 13.8 Å². The molecular weight excluding hydrogens is 254 g/mol. The number of rotatable bonds is 3. The number of aryl methyl sites for hydroxylation is 2. The van der Waals surface area contributed by atoms with Gasteiger partial charge >= 0.3 is 0 Å². The number of β-amino-alcohol motifs (C(OH)–C–C–N with tert-alkyl or cyclic N) is 1. The molecule has 0 saturated carbocycles. The molecule has 1 aliphatic rings. The molecule has 1 atom stereocenters. The van der Waals surface area contributed by atoms with Gasteiger partial charge in [-0.1, -0.05) is 0 Å². The van der Waals surface area contributed by atoms with Crippen molar-refractivity contribution < 1.29 is 9.90 Å². The Bertz CT molecular complexity index is 458. The van der Waals surface area contributed by atoms with E-state index in [-0.39, 0.29) is 5.91 Å². The van der Waals surface area contributed by atoms with Gasteiger partial charge < -0.3 is 10.0 Å². The maximum Gasteiger partial charge on any atom is 0.257 e. The number of aromatic nitrogens is 2. The number of hydrogen-bond donors (Lipinski definition) is 1. The molecule has 2 heterocycles. The van der Waals surface area contributed by atoms with Gasteiger partial charge in [0.15, 0.2) is 0 Å². The molecule has 0 bridgehead atoms. The van der Waals surface area contributed by atoms with Gasteiger partial charge in [0.05, 0.1) is 23.9 Å². The molecule has 0 spiro atoms. The van der Waals surface area contributed by atoms with Gasteiger partial charge in [0.25, 0.3) is 5.91 Å². The topological polar surface area (TPSA) is 58.4 Å². The van der Waals surface area contributed by atoms with Gasteiger partial charge in [0, 0.05) is 24.7 Å². The summed E-state index contributed by atoms with van der Waals surface area (Å²) in [6, 6.07) is 0. The fourth-order valence-electron chi connectivity index (χ4n) is 2.39. The van der Waals surface area contributed by atoms with E-state index < -0.39 is 6.10 Å². The Hall–Kier alpha value is -1.07. The molecule has 2 rings (SSSR count). The first-order chi connectivity index (χ1) is 8.54. The minimum atomic E-state index is -0.396. The van der Waals surface area contributed by atoms with Crippen LogP contribution < -0.4 is 0 Å². The quantitative estimate of drug-likeness (QED) is 0.833. The van der Waals surface area contributed by atoms with Gasteiger partial charge in [0.2, 0.25) is 0 Å². The fraction of sp³-hybridized carbons (Fsp3) is 0.667. The van der Waals surface area contributed by atoms with Crippen molar-refractivity contribution in [2.45, 2.75) is 32.9 Å². The van der Waals surface area contributed by atoms with Crippen LogP contribution in [0.4, 0.5) is 0 Å². The van der Waals surface area contributed by atoms with Crippen molar-refractivity contribution in [3.8, 4) is 0 Å². The van der Waals surface area contributed by atoms with Crippen molar-refractivity contribution in [1.82, 2.24) is 14.7 Å². The Balaban J connectivity index is 2.25. The molecule has 1 aliphatic heterocycles. The van der Waals surface area contributed by atoms with Gasteiger partial charge in [-0.25, -0.2) is 0 Å². The lowest BCUT2D eigenvalue weighted by molar-refractivity contribution is 0.0763. The molecule has 1 aromatic rings. The van der Waals surface area contributed by atoms with Crippen molar-refractivity contribution in [3.63, 3.8) is 0 Å². The van der Waals surface area contributed by atoms with E-state index in [9.17, 15) is 9.90 Å². The van der Waals surface area contributed by atoms with Gasteiger partial charge in [-0.15, -0.1) is 11.6 Å². The minimum Gasteiger partial charge on any atom is -0.391 e. The molecule has 100 valence electrons. The highest BCUT2D eigenvalue weighted by molar-refractivity contribution is 6.17. The van der Waals surface area contributed by atoms with Crippen LogP contribution in [0.5, 0.6) is 0 Å². The summed E-state index contributed by atoms with van der Waals surface area (Å²) < 4.78 is 1.77. The number of aliphatic hydroxyl groups is 1. The molecule has 18 heavy (non-hydrogen) atoms. The summed E-state index contributed by atoms with van der Waals surface area (Å²) in [6.07, 6.45) is 0.257. The maximum atomic E-state index is 12.4. The second-order valence-electron chi connectivity index (χ2n) is 4.65. The Kier molecular flexibility index (Phi) is 3.92. The van der Waals surface area contributed by atoms with E-state index in [1.54, 1.807) is 9.58 Å². The van der Waals surface area contributed by atoms with Crippen LogP contribution in [0, 0.1) is 13.8 Å². The predicted molar refractivity (Wildman–Crippen MR) is 68.9 cm³/mol. The summed E-state index contributed by atoms with van der Waals surface area (Å²) in [5, 5.41) is 13.8. The lowest BCUT2D eigenvalue weighted by Gasteiger charge is -2.15. The Morgan fingerprint density at radius 3 is 2.83 bits per heavy atom. The summed E-state index contributed by atoms with van der Waals surface area (Å²) in [5.41, 5.74) is 2.22. The zero-order valence-corrected chi connectivity index (χ0v) is 11.4. The Labute approximate surface area is 111 Å². The number of carbonyl (C=O) groups is 1. The lowest BCUT2D eigenvalue weighted by Crippen LogP contribution is -2.30. The molecular formula is C12H18ClN3O2. The Morgan fingerprint density at radius 2 is 2.28 bits per heavy atom. The van der Waals surface area contributed by atoms with Crippen LogP contribution in [0.15, 0.2) is 0 Å². The third-order valence-electron chi connectivity index (χ3n) is 3.34. The van der Waals surface area contributed by atoms with E-state index in [2.05, 4.69) is 5.10 Å². The second kappa shape index (κ2) is 5.28. The van der Waals surface area contributed by atoms with E-state index >= 15 is 0 Å². The number of halogens is 1. The van der Waals surface area contributed by atoms with E-state index in [0.717, 1.165) is 11.4 Å². The van der Waals surface area contributed by atoms with E-state index in [4.69, 9.17) is 11.6 Å². The number of carbonyl (C=O) groups excluding carboxylic acids is 1. The van der Waals surface area contributed by atoms with E-state index in [1.165, 1.54) is 0 Å². The monoisotopic (exact) mass is 271 g/mol. The lowest BCUT2D eigenvalue weighted by atomic mass is 10.1. The highest BCUT2D eigenvalue weighted by Gasteiger charge is 2.29. The number of alkyl halides is 1.